The van der Waals surface area contributed by atoms with Gasteiger partial charge in [0.05, 0.1) is 12.7 Å². The van der Waals surface area contributed by atoms with Gasteiger partial charge >= 0.3 is 0 Å². The molecule has 0 radical (unpaired) electrons. The third-order valence-corrected chi connectivity index (χ3v) is 2.62. The summed E-state index contributed by atoms with van der Waals surface area (Å²) in [4.78, 5) is 0. The first-order valence-electron chi connectivity index (χ1n) is 6.55. The lowest BCUT2D eigenvalue weighted by Crippen LogP contribution is -2.39. The fourth-order valence-electron chi connectivity index (χ4n) is 1.61. The number of benzene rings is 1. The van der Waals surface area contributed by atoms with Crippen LogP contribution in [0.1, 0.15) is 39.4 Å². The molecular formula is C16H25NO. The van der Waals surface area contributed by atoms with Crippen molar-refractivity contribution in [2.75, 3.05) is 13.2 Å². The van der Waals surface area contributed by atoms with Crippen molar-refractivity contribution in [3.8, 4) is 0 Å². The molecule has 2 nitrogen and oxygen atoms in total. The fourth-order valence-corrected chi connectivity index (χ4v) is 1.61. The highest BCUT2D eigenvalue weighted by molar-refractivity contribution is 5.18. The molecule has 0 fully saturated rings. The van der Waals surface area contributed by atoms with Crippen LogP contribution >= 0.6 is 0 Å². The van der Waals surface area contributed by atoms with Crippen LogP contribution in [0.3, 0.4) is 0 Å². The van der Waals surface area contributed by atoms with Crippen molar-refractivity contribution in [3.63, 3.8) is 0 Å². The lowest BCUT2D eigenvalue weighted by atomic mass is 10.1. The lowest BCUT2D eigenvalue weighted by molar-refractivity contribution is 0.0686. The molecule has 0 aliphatic rings. The molecule has 0 aromatic heterocycles. The van der Waals surface area contributed by atoms with Gasteiger partial charge < -0.3 is 10.1 Å². The molecule has 0 aliphatic heterocycles. The first-order valence-corrected chi connectivity index (χ1v) is 6.55. The second-order valence-electron chi connectivity index (χ2n) is 5.43. The van der Waals surface area contributed by atoms with E-state index in [1.54, 1.807) is 0 Å². The maximum Gasteiger partial charge on any atom is 0.0953 e. The maximum absolute atomic E-state index is 5.91. The number of nitrogens with one attached hydrogen (secondary N) is 1. The summed E-state index contributed by atoms with van der Waals surface area (Å²) in [6.45, 7) is 9.99. The number of ether oxygens (including phenoxy) is 1. The summed E-state index contributed by atoms with van der Waals surface area (Å²) < 4.78 is 5.91. The minimum Gasteiger partial charge on any atom is -0.368 e. The quantitative estimate of drug-likeness (QED) is 0.774. The lowest BCUT2D eigenvalue weighted by Gasteiger charge is -2.25. The smallest absolute Gasteiger partial charge is 0.0953 e. The molecule has 100 valence electrons. The standard InChI is InChI=1S/C16H25NO/c1-5-6-12-18-15(13-17-16(2,3)4)14-10-8-7-9-11-14/h5-11,15,17H,12-13H2,1-4H3. The van der Waals surface area contributed by atoms with E-state index in [1.165, 1.54) is 5.56 Å². The van der Waals surface area contributed by atoms with Crippen molar-refractivity contribution < 1.29 is 4.74 Å². The summed E-state index contributed by atoms with van der Waals surface area (Å²) in [6.07, 6.45) is 4.15. The Labute approximate surface area is 111 Å². The van der Waals surface area contributed by atoms with Crippen molar-refractivity contribution in [2.45, 2.75) is 39.3 Å². The minimum atomic E-state index is 0.0987. The predicted octanol–water partition coefficient (Wildman–Crippen LogP) is 3.71. The molecule has 0 heterocycles. The predicted molar refractivity (Wildman–Crippen MR) is 77.7 cm³/mol. The van der Waals surface area contributed by atoms with Gasteiger partial charge in [0.15, 0.2) is 0 Å². The Bertz CT molecular complexity index is 351. The van der Waals surface area contributed by atoms with Crippen molar-refractivity contribution >= 4 is 0 Å². The van der Waals surface area contributed by atoms with Gasteiger partial charge in [-0.25, -0.2) is 0 Å². The van der Waals surface area contributed by atoms with Gasteiger partial charge in [0.25, 0.3) is 0 Å². The van der Waals surface area contributed by atoms with E-state index in [2.05, 4.69) is 50.4 Å². The first kappa shape index (κ1) is 14.9. The molecule has 1 atom stereocenters. The summed E-state index contributed by atoms with van der Waals surface area (Å²) >= 11 is 0. The van der Waals surface area contributed by atoms with E-state index in [0.29, 0.717) is 6.61 Å². The van der Waals surface area contributed by atoms with E-state index in [1.807, 2.05) is 25.1 Å². The van der Waals surface area contributed by atoms with Crippen LogP contribution in [0, 0.1) is 0 Å². The molecule has 1 unspecified atom stereocenters. The highest BCUT2D eigenvalue weighted by Crippen LogP contribution is 2.17. The number of hydrogen-bond acceptors (Lipinski definition) is 2. The van der Waals surface area contributed by atoms with Crippen LogP contribution in [-0.4, -0.2) is 18.7 Å². The molecule has 0 saturated heterocycles. The van der Waals surface area contributed by atoms with Crippen LogP contribution in [-0.2, 0) is 4.74 Å². The molecule has 0 bridgehead atoms. The molecule has 1 rings (SSSR count). The Morgan fingerprint density at radius 3 is 2.44 bits per heavy atom. The Balaban J connectivity index is 2.63. The van der Waals surface area contributed by atoms with Crippen LogP contribution in [0.4, 0.5) is 0 Å². The van der Waals surface area contributed by atoms with Crippen LogP contribution in [0.5, 0.6) is 0 Å². The van der Waals surface area contributed by atoms with Gasteiger partial charge in [-0.2, -0.15) is 0 Å². The molecule has 1 aromatic rings. The van der Waals surface area contributed by atoms with Crippen molar-refractivity contribution in [2.24, 2.45) is 0 Å². The second-order valence-corrected chi connectivity index (χ2v) is 5.43. The van der Waals surface area contributed by atoms with Crippen LogP contribution in [0.25, 0.3) is 0 Å². The Morgan fingerprint density at radius 2 is 1.89 bits per heavy atom. The Morgan fingerprint density at radius 1 is 1.22 bits per heavy atom. The van der Waals surface area contributed by atoms with Gasteiger partial charge in [0, 0.05) is 12.1 Å². The molecule has 18 heavy (non-hydrogen) atoms. The Hall–Kier alpha value is -1.12. The molecule has 0 amide bonds. The average Bonchev–Trinajstić information content (AvgIpc) is 2.33. The molecular weight excluding hydrogens is 222 g/mol. The van der Waals surface area contributed by atoms with Crippen LogP contribution in [0.2, 0.25) is 0 Å². The van der Waals surface area contributed by atoms with Crippen LogP contribution in [0.15, 0.2) is 42.5 Å². The number of hydrogen-bond donors (Lipinski definition) is 1. The molecule has 0 aliphatic carbocycles. The molecule has 1 aromatic carbocycles. The highest BCUT2D eigenvalue weighted by atomic mass is 16.5. The summed E-state index contributed by atoms with van der Waals surface area (Å²) in [6, 6.07) is 10.4. The zero-order valence-electron chi connectivity index (χ0n) is 11.9. The SMILES string of the molecule is CC=CCOC(CNC(C)(C)C)c1ccccc1. The number of allylic oxidation sites excluding steroid dienone is 1. The van der Waals surface area contributed by atoms with Gasteiger partial charge in [0.2, 0.25) is 0 Å². The first-order chi connectivity index (χ1) is 8.53. The van der Waals surface area contributed by atoms with Crippen molar-refractivity contribution in [1.82, 2.24) is 5.32 Å². The van der Waals surface area contributed by atoms with E-state index in [4.69, 9.17) is 4.74 Å². The number of rotatable bonds is 6. The monoisotopic (exact) mass is 247 g/mol. The summed E-state index contributed by atoms with van der Waals surface area (Å²) in [7, 11) is 0. The maximum atomic E-state index is 5.91. The zero-order valence-corrected chi connectivity index (χ0v) is 11.9. The van der Waals surface area contributed by atoms with Gasteiger partial charge in [0.1, 0.15) is 0 Å². The van der Waals surface area contributed by atoms with Gasteiger partial charge in [-0.15, -0.1) is 0 Å². The third kappa shape index (κ3) is 5.99. The fraction of sp³-hybridized carbons (Fsp3) is 0.500. The molecule has 1 N–H and O–H groups in total. The average molecular weight is 247 g/mol. The van der Waals surface area contributed by atoms with Crippen molar-refractivity contribution in [3.05, 3.63) is 48.0 Å². The summed E-state index contributed by atoms with van der Waals surface area (Å²) in [5, 5.41) is 3.50. The van der Waals surface area contributed by atoms with Gasteiger partial charge in [-0.3, -0.25) is 0 Å². The van der Waals surface area contributed by atoms with E-state index in [0.717, 1.165) is 6.54 Å². The highest BCUT2D eigenvalue weighted by Gasteiger charge is 2.15. The zero-order chi connectivity index (χ0) is 13.4. The largest absolute Gasteiger partial charge is 0.368 e. The van der Waals surface area contributed by atoms with E-state index in [-0.39, 0.29) is 11.6 Å². The normalized spacial score (nSPS) is 14.0. The summed E-state index contributed by atoms with van der Waals surface area (Å²) in [5.74, 6) is 0. The van der Waals surface area contributed by atoms with Crippen LogP contribution < -0.4 is 5.32 Å². The van der Waals surface area contributed by atoms with E-state index >= 15 is 0 Å². The third-order valence-electron chi connectivity index (χ3n) is 2.62. The molecule has 0 saturated carbocycles. The molecule has 2 heteroatoms. The topological polar surface area (TPSA) is 21.3 Å². The minimum absolute atomic E-state index is 0.0987. The molecule has 0 spiro atoms. The van der Waals surface area contributed by atoms with E-state index in [9.17, 15) is 0 Å². The van der Waals surface area contributed by atoms with E-state index < -0.39 is 0 Å². The van der Waals surface area contributed by atoms with Gasteiger partial charge in [-0.05, 0) is 33.3 Å². The van der Waals surface area contributed by atoms with Gasteiger partial charge in [-0.1, -0.05) is 42.5 Å². The van der Waals surface area contributed by atoms with Crippen molar-refractivity contribution in [1.29, 1.82) is 0 Å². The Kier molecular flexibility index (Phi) is 6.10. The second kappa shape index (κ2) is 7.34. The summed E-state index contributed by atoms with van der Waals surface area (Å²) in [5.41, 5.74) is 1.33.